The molecule has 9 aromatic heterocycles. The number of ketones is 2. The van der Waals surface area contributed by atoms with Gasteiger partial charge >= 0.3 is 42.6 Å². The molecule has 32 nitrogen and oxygen atoms in total. The average Bonchev–Trinajstić information content (AvgIpc) is 1.54. The summed E-state index contributed by atoms with van der Waals surface area (Å²) in [5, 5.41) is 40.6. The number of H-pyrrole nitrogens is 3. The summed E-state index contributed by atoms with van der Waals surface area (Å²) in [5.74, 6) is -0.326. The van der Waals surface area contributed by atoms with E-state index in [1.165, 1.54) is 28.0 Å². The number of anilines is 9. The second-order valence-electron chi connectivity index (χ2n) is 25.9. The number of Topliss-reactive ketones (excluding diaryl/α,β-unsaturated/α-hetero) is 2. The molecule has 106 heavy (non-hydrogen) atoms. The molecule has 3 saturated heterocycles. The molecule has 0 aliphatic carbocycles. The van der Waals surface area contributed by atoms with Crippen LogP contribution in [0.5, 0.6) is 0 Å². The largest absolute Gasteiger partial charge is 0.477 e. The quantitative estimate of drug-likeness (QED) is 0.0383. The summed E-state index contributed by atoms with van der Waals surface area (Å²) in [6.45, 7) is 9.14. The first-order chi connectivity index (χ1) is 50.2. The van der Waals surface area contributed by atoms with Gasteiger partial charge in [0.25, 0.3) is 0 Å². The molecule has 3 fully saturated rings. The topological polar surface area (TPSA) is 446 Å². The fraction of sp³-hybridized carbons (Fsp3) is 0.400. The highest BCUT2D eigenvalue weighted by Crippen LogP contribution is 2.43. The number of nitrogens with one attached hydrogen (secondary N) is 6. The van der Waals surface area contributed by atoms with Gasteiger partial charge in [-0.2, -0.15) is 54.8 Å². The van der Waals surface area contributed by atoms with Gasteiger partial charge in [-0.1, -0.05) is 0 Å². The van der Waals surface area contributed by atoms with Crippen molar-refractivity contribution in [3.63, 3.8) is 0 Å². The van der Waals surface area contributed by atoms with E-state index in [-0.39, 0.29) is 46.8 Å². The number of hydrogen-bond acceptors (Lipinski definition) is 22. The summed E-state index contributed by atoms with van der Waals surface area (Å²) in [6.07, 6.45) is -13.2. The third kappa shape index (κ3) is 15.7. The molecule has 15 rings (SSSR count). The van der Waals surface area contributed by atoms with Crippen molar-refractivity contribution in [1.82, 2.24) is 60.5 Å². The zero-order chi connectivity index (χ0) is 76.0. The van der Waals surface area contributed by atoms with E-state index in [0.717, 1.165) is 35.7 Å². The number of amides is 6. The summed E-state index contributed by atoms with van der Waals surface area (Å²) in [5.41, 5.74) is 25.5. The van der Waals surface area contributed by atoms with Crippen LogP contribution in [0.4, 0.5) is 106 Å². The summed E-state index contributed by atoms with van der Waals surface area (Å²) in [4.78, 5) is 113. The van der Waals surface area contributed by atoms with Gasteiger partial charge in [-0.05, 0) is 126 Å². The number of aryl methyl sites for hydroxylation is 3. The van der Waals surface area contributed by atoms with Gasteiger partial charge in [0.15, 0.2) is 69.1 Å². The zero-order valence-electron chi connectivity index (χ0n) is 56.6. The van der Waals surface area contributed by atoms with E-state index < -0.39 is 105 Å². The molecular weight excluding hydrogens is 1410 g/mol. The molecule has 3 unspecified atom stereocenters. The van der Waals surface area contributed by atoms with Crippen LogP contribution in [0, 0.1) is 20.8 Å². The molecule has 0 radical (unpaired) electrons. The van der Waals surface area contributed by atoms with Crippen molar-refractivity contribution in [2.75, 3.05) is 91.2 Å². The van der Waals surface area contributed by atoms with Crippen LogP contribution in [0.15, 0.2) is 72.8 Å². The first-order valence-electron chi connectivity index (χ1n) is 33.2. The van der Waals surface area contributed by atoms with Crippen LogP contribution in [-0.4, -0.2) is 202 Å². The molecule has 6 bridgehead atoms. The van der Waals surface area contributed by atoms with Crippen molar-refractivity contribution >= 4 is 121 Å². The third-order valence-electron chi connectivity index (χ3n) is 18.5. The first-order valence-corrected chi connectivity index (χ1v) is 33.2. The fourth-order valence-electron chi connectivity index (χ4n) is 12.9. The number of nitrogens with zero attached hydrogens (tertiary/aromatic N) is 15. The number of halogens is 9. The lowest BCUT2D eigenvalue weighted by Gasteiger charge is -2.35. The van der Waals surface area contributed by atoms with Gasteiger partial charge in [0.1, 0.15) is 29.5 Å². The highest BCUT2D eigenvalue weighted by Gasteiger charge is 2.45. The van der Waals surface area contributed by atoms with Gasteiger partial charge in [-0.15, -0.1) is 0 Å². The number of aromatic amines is 3. The van der Waals surface area contributed by atoms with E-state index in [4.69, 9.17) is 11.5 Å². The number of carboxylic acids is 1. The Kier molecular flexibility index (Phi) is 20.7. The number of hydrogen-bond donors (Lipinski definition) is 11. The lowest BCUT2D eigenvalue weighted by atomic mass is 10.1. The van der Waals surface area contributed by atoms with Crippen LogP contribution >= 0.6 is 0 Å². The minimum absolute atomic E-state index is 0.0108. The molecule has 6 aliphatic rings. The highest BCUT2D eigenvalue weighted by atomic mass is 19.4. The number of carbonyl (C=O) groups is 6. The Morgan fingerprint density at radius 3 is 1.05 bits per heavy atom. The van der Waals surface area contributed by atoms with Crippen LogP contribution in [0.25, 0.3) is 33.1 Å². The maximum absolute atomic E-state index is 13.4. The first kappa shape index (κ1) is 74.3. The van der Waals surface area contributed by atoms with Crippen molar-refractivity contribution in [3.8, 4) is 0 Å². The smallest absolute Gasteiger partial charge is 0.404 e. The molecule has 15 heterocycles. The SMILES string of the molecule is Cc1ccc2c(NC(=O)N3c4nc(C(=O)CCC(N)C(F)(F)F)ccc4N4CC[C@H]3C4)n[nH]c2n1.Cc1ccc2c(NC(=O)N3c4nc(C(=O)CCC(N)C(F)(F)F)ccc4N4CC[C@H]3C4)n[nH]c2n1.Cc1ccc2c(NC(=O)N3c4nc(C(=O)O)ccc4N4CC[C@H]3C4)n[nH]c2n1.NCC(N)C(F)(F)F. The molecule has 6 atom stereocenters. The van der Waals surface area contributed by atoms with Crippen molar-refractivity contribution in [3.05, 3.63) is 107 Å². The Morgan fingerprint density at radius 1 is 0.462 bits per heavy atom. The van der Waals surface area contributed by atoms with Crippen molar-refractivity contribution < 1.29 is 73.4 Å². The normalized spacial score (nSPS) is 17.8. The van der Waals surface area contributed by atoms with Gasteiger partial charge in [0, 0.05) is 75.7 Å². The van der Waals surface area contributed by atoms with Crippen molar-refractivity contribution in [1.29, 1.82) is 0 Å². The van der Waals surface area contributed by atoms with Gasteiger partial charge in [-0.3, -0.25) is 55.5 Å². The van der Waals surface area contributed by atoms with Crippen LogP contribution in [0.3, 0.4) is 0 Å². The maximum Gasteiger partial charge on any atom is 0.404 e. The lowest BCUT2D eigenvalue weighted by Crippen LogP contribution is -2.48. The highest BCUT2D eigenvalue weighted by molar-refractivity contribution is 6.11. The van der Waals surface area contributed by atoms with Crippen molar-refractivity contribution in [2.24, 2.45) is 22.9 Å². The fourth-order valence-corrected chi connectivity index (χ4v) is 12.9. The van der Waals surface area contributed by atoms with Crippen LogP contribution in [-0.2, 0) is 0 Å². The number of carboxylic acid groups (broad SMARTS) is 1. The number of carbonyl (C=O) groups excluding carboxylic acids is 5. The Balaban J connectivity index is 0.000000142. The van der Waals surface area contributed by atoms with E-state index in [9.17, 15) is 73.4 Å². The van der Waals surface area contributed by atoms with Crippen LogP contribution < -0.4 is 68.3 Å². The predicted molar refractivity (Wildman–Crippen MR) is 370 cm³/mol. The van der Waals surface area contributed by atoms with Crippen LogP contribution in [0.2, 0.25) is 0 Å². The minimum atomic E-state index is -4.57. The summed E-state index contributed by atoms with van der Waals surface area (Å²) in [6, 6.07) is 12.6. The number of alkyl halides is 9. The molecule has 15 N–H and O–H groups in total. The van der Waals surface area contributed by atoms with Crippen LogP contribution in [0.1, 0.15) is 93.5 Å². The summed E-state index contributed by atoms with van der Waals surface area (Å²) >= 11 is 0. The molecule has 6 amide bonds. The second-order valence-corrected chi connectivity index (χ2v) is 25.9. The lowest BCUT2D eigenvalue weighted by molar-refractivity contribution is -0.149. The summed E-state index contributed by atoms with van der Waals surface area (Å²) in [7, 11) is 0. The van der Waals surface area contributed by atoms with Gasteiger partial charge in [0.2, 0.25) is 0 Å². The molecule has 0 saturated carbocycles. The van der Waals surface area contributed by atoms with Crippen molar-refractivity contribution in [2.45, 2.75) is 120 Å². The van der Waals surface area contributed by atoms with Gasteiger partial charge < -0.3 is 42.7 Å². The number of aromatic carboxylic acids is 1. The van der Waals surface area contributed by atoms with Gasteiger partial charge in [-0.25, -0.2) is 49.1 Å². The summed E-state index contributed by atoms with van der Waals surface area (Å²) < 4.78 is 110. The average molecular weight is 1480 g/mol. The minimum Gasteiger partial charge on any atom is -0.477 e. The predicted octanol–water partition coefficient (Wildman–Crippen LogP) is 8.11. The maximum atomic E-state index is 13.4. The number of pyridine rings is 6. The molecule has 560 valence electrons. The third-order valence-corrected chi connectivity index (χ3v) is 18.5. The molecular formula is C65H70F9N25O7. The number of urea groups is 3. The monoisotopic (exact) mass is 1480 g/mol. The number of aromatic nitrogens is 12. The Bertz CT molecular complexity index is 4660. The van der Waals surface area contributed by atoms with E-state index in [1.54, 1.807) is 35.2 Å². The number of fused-ring (bicyclic) bond motifs is 15. The number of nitrogens with two attached hydrogens (primary N) is 4. The Hall–Kier alpha value is -11.5. The van der Waals surface area contributed by atoms with Gasteiger partial charge in [0.05, 0.1) is 51.3 Å². The zero-order valence-corrected chi connectivity index (χ0v) is 56.6. The molecule has 9 aromatic rings. The number of rotatable bonds is 13. The Labute approximate surface area is 594 Å². The van der Waals surface area contributed by atoms with E-state index in [2.05, 4.69) is 103 Å². The van der Waals surface area contributed by atoms with E-state index >= 15 is 0 Å². The second kappa shape index (κ2) is 29.6. The molecule has 0 aromatic carbocycles. The van der Waals surface area contributed by atoms with E-state index in [0.29, 0.717) is 113 Å². The standard InChI is InChI=1S/2C22H23F3N8O2.C18H17N7O3.C3H7F3N2/c2*1-11-2-3-13-18(27-11)30-31-19(13)29-21(35)33-12-8-9-32(10-12)15-5-4-14(28-20(15)33)16(34)6-7-17(26)22(23,24)25;1-9-2-3-11-14(19-9)22-23-15(11)21-18(28)25-10-6-7-24(8-10)13-5-4-12(17(26)27)20-16(13)25;4-3(5,6)2(8)1-7/h2*2-5,12,17H,6-10,26H2,1H3,(H2,27,29,30,31,35);2-5,10H,6-8H2,1H3,(H,26,27)(H2,19,21,22,23,28);2H,1,7-8H2/t2*12-,17?;10-;/m000./s1. The molecule has 0 spiro atoms. The Morgan fingerprint density at radius 2 is 0.764 bits per heavy atom. The molecule has 41 heteroatoms. The molecule has 6 aliphatic heterocycles. The van der Waals surface area contributed by atoms with E-state index in [1.807, 2.05) is 45.0 Å².